The fraction of sp³-hybridized carbons (Fsp3) is 0.519. The molecule has 14 heteroatoms. The number of carbonyl (C=O) groups excluding carboxylic acids is 2. The first-order valence-corrected chi connectivity index (χ1v) is 13.5. The SMILES string of the molecule is CC(=O)[C@H]1O[C@@H](O)[C@H](O)[C@@H](O)[C@@H]1O.C[C@@H]1CCc2ncc(F)cc2[C@H]2CCCN2c2ccn3ncc(c3n2)C(=O)N1. The molecule has 3 aromatic rings. The van der Waals surface area contributed by atoms with Gasteiger partial charge in [0.2, 0.25) is 0 Å². The number of nitrogens with one attached hydrogen (secondary N) is 1. The molecular formula is C27H33FN6O7. The Bertz CT molecular complexity index is 1440. The van der Waals surface area contributed by atoms with Crippen molar-refractivity contribution in [2.45, 2.75) is 82.3 Å². The number of carbonyl (C=O) groups is 2. The molecule has 3 aliphatic rings. The molecule has 41 heavy (non-hydrogen) atoms. The Hall–Kier alpha value is -3.56. The van der Waals surface area contributed by atoms with Gasteiger partial charge in [-0.15, -0.1) is 0 Å². The van der Waals surface area contributed by atoms with Crippen molar-refractivity contribution in [3.05, 3.63) is 53.4 Å². The van der Waals surface area contributed by atoms with E-state index in [1.807, 2.05) is 19.2 Å². The van der Waals surface area contributed by atoms with Crippen LogP contribution in [-0.2, 0) is 16.0 Å². The van der Waals surface area contributed by atoms with Crippen molar-refractivity contribution in [1.82, 2.24) is 24.9 Å². The van der Waals surface area contributed by atoms with Gasteiger partial charge in [0.1, 0.15) is 41.6 Å². The van der Waals surface area contributed by atoms with Crippen LogP contribution < -0.4 is 10.2 Å². The van der Waals surface area contributed by atoms with E-state index in [1.54, 1.807) is 16.8 Å². The molecule has 220 valence electrons. The van der Waals surface area contributed by atoms with Crippen LogP contribution in [-0.4, -0.2) is 95.0 Å². The van der Waals surface area contributed by atoms with E-state index in [9.17, 15) is 19.1 Å². The van der Waals surface area contributed by atoms with Crippen LogP contribution >= 0.6 is 0 Å². The third kappa shape index (κ3) is 5.78. The van der Waals surface area contributed by atoms with Crippen molar-refractivity contribution in [2.24, 2.45) is 0 Å². The molecule has 0 unspecified atom stereocenters. The lowest BCUT2D eigenvalue weighted by atomic mass is 9.97. The van der Waals surface area contributed by atoms with Crippen LogP contribution in [0.15, 0.2) is 30.7 Å². The van der Waals surface area contributed by atoms with Crippen LogP contribution in [0.25, 0.3) is 5.65 Å². The van der Waals surface area contributed by atoms with Gasteiger partial charge in [0.15, 0.2) is 17.7 Å². The van der Waals surface area contributed by atoms with E-state index >= 15 is 0 Å². The topological polar surface area (TPSA) is 183 Å². The molecular weight excluding hydrogens is 539 g/mol. The molecule has 1 amide bonds. The number of halogens is 1. The second-order valence-corrected chi connectivity index (χ2v) is 10.6. The van der Waals surface area contributed by atoms with Gasteiger partial charge in [-0.05, 0) is 57.2 Å². The molecule has 0 radical (unpaired) electrons. The van der Waals surface area contributed by atoms with Gasteiger partial charge in [-0.2, -0.15) is 5.10 Å². The van der Waals surface area contributed by atoms with Crippen LogP contribution in [0, 0.1) is 5.82 Å². The minimum Gasteiger partial charge on any atom is -0.387 e. The van der Waals surface area contributed by atoms with Gasteiger partial charge in [0.25, 0.3) is 5.91 Å². The van der Waals surface area contributed by atoms with E-state index in [0.717, 1.165) is 49.8 Å². The number of nitrogens with zero attached hydrogens (tertiary/aromatic N) is 5. The average molecular weight is 573 g/mol. The molecule has 0 spiro atoms. The third-order valence-corrected chi connectivity index (χ3v) is 7.66. The number of rotatable bonds is 1. The van der Waals surface area contributed by atoms with Gasteiger partial charge >= 0.3 is 0 Å². The van der Waals surface area contributed by atoms with Crippen molar-refractivity contribution in [3.63, 3.8) is 0 Å². The van der Waals surface area contributed by atoms with Crippen molar-refractivity contribution in [1.29, 1.82) is 0 Å². The van der Waals surface area contributed by atoms with Crippen molar-refractivity contribution < 1.29 is 39.1 Å². The summed E-state index contributed by atoms with van der Waals surface area (Å²) in [4.78, 5) is 34.9. The van der Waals surface area contributed by atoms with Crippen LogP contribution in [0.2, 0.25) is 0 Å². The number of hydrogen-bond acceptors (Lipinski definition) is 11. The Labute approximate surface area is 234 Å². The number of hydrogen-bond donors (Lipinski definition) is 5. The number of fused-ring (bicyclic) bond motifs is 5. The number of aliphatic hydroxyl groups excluding tert-OH is 4. The highest BCUT2D eigenvalue weighted by Crippen LogP contribution is 2.37. The number of anilines is 1. The van der Waals surface area contributed by atoms with Crippen LogP contribution in [0.3, 0.4) is 0 Å². The zero-order chi connectivity index (χ0) is 29.4. The molecule has 0 aromatic carbocycles. The molecule has 5 N–H and O–H groups in total. The van der Waals surface area contributed by atoms with Crippen LogP contribution in [0.1, 0.15) is 60.8 Å². The summed E-state index contributed by atoms with van der Waals surface area (Å²) in [5.41, 5.74) is 2.81. The summed E-state index contributed by atoms with van der Waals surface area (Å²) in [5.74, 6) is -0.251. The summed E-state index contributed by atoms with van der Waals surface area (Å²) in [7, 11) is 0. The first-order chi connectivity index (χ1) is 19.5. The number of ether oxygens (including phenoxy) is 1. The monoisotopic (exact) mass is 572 g/mol. The molecule has 0 saturated carbocycles. The lowest BCUT2D eigenvalue weighted by molar-refractivity contribution is -0.274. The fourth-order valence-corrected chi connectivity index (χ4v) is 5.45. The average Bonchev–Trinajstić information content (AvgIpc) is 3.60. The minimum absolute atomic E-state index is 0.0271. The molecule has 2 bridgehead atoms. The Morgan fingerprint density at radius 1 is 1.15 bits per heavy atom. The maximum atomic E-state index is 14.1. The van der Waals surface area contributed by atoms with Crippen molar-refractivity contribution >= 4 is 23.2 Å². The lowest BCUT2D eigenvalue weighted by Gasteiger charge is -2.37. The summed E-state index contributed by atoms with van der Waals surface area (Å²) in [5, 5.41) is 43.7. The fourth-order valence-electron chi connectivity index (χ4n) is 5.45. The summed E-state index contributed by atoms with van der Waals surface area (Å²) >= 11 is 0. The quantitative estimate of drug-likeness (QED) is 0.266. The van der Waals surface area contributed by atoms with Gasteiger partial charge in [0.05, 0.1) is 18.4 Å². The standard InChI is InChI=1S/C20H21FN6O.C7H12O6/c1-12-4-5-16-14(9-13(21)10-22-16)17-3-2-7-26(17)18-6-8-27-19(25-18)15(11-23-27)20(28)24-12;1-2(8)6-4(10)3(9)5(11)7(12)13-6/h6,8-12,17H,2-5,7H2,1H3,(H,24,28);3-7,9-12H,1H3/t12-,17-;3-,4-,5+,6+,7+/m10/s1. The number of ketones is 1. The number of aliphatic hydroxyl groups is 4. The first-order valence-electron chi connectivity index (χ1n) is 13.5. The second-order valence-electron chi connectivity index (χ2n) is 10.6. The Morgan fingerprint density at radius 2 is 1.93 bits per heavy atom. The largest absolute Gasteiger partial charge is 0.387 e. The van der Waals surface area contributed by atoms with E-state index in [2.05, 4.69) is 25.0 Å². The molecule has 2 saturated heterocycles. The number of amides is 1. The van der Waals surface area contributed by atoms with Crippen LogP contribution in [0.4, 0.5) is 10.2 Å². The van der Waals surface area contributed by atoms with Gasteiger partial charge < -0.3 is 35.4 Å². The summed E-state index contributed by atoms with van der Waals surface area (Å²) in [6.07, 6.45) is 0.371. The summed E-state index contributed by atoms with van der Waals surface area (Å²) < 4.78 is 20.3. The maximum Gasteiger partial charge on any atom is 0.256 e. The molecule has 6 heterocycles. The second kappa shape index (κ2) is 11.7. The highest BCUT2D eigenvalue weighted by Gasteiger charge is 2.44. The molecule has 0 aliphatic carbocycles. The van der Waals surface area contributed by atoms with Gasteiger partial charge in [0, 0.05) is 24.5 Å². The van der Waals surface area contributed by atoms with Gasteiger partial charge in [-0.25, -0.2) is 13.9 Å². The molecule has 3 aromatic heterocycles. The molecule has 3 aliphatic heterocycles. The molecule has 2 fully saturated rings. The van der Waals surface area contributed by atoms with E-state index in [0.29, 0.717) is 17.6 Å². The van der Waals surface area contributed by atoms with Crippen molar-refractivity contribution in [3.8, 4) is 0 Å². The summed E-state index contributed by atoms with van der Waals surface area (Å²) in [6.45, 7) is 3.95. The first kappa shape index (κ1) is 29.0. The van der Waals surface area contributed by atoms with Gasteiger partial charge in [-0.1, -0.05) is 0 Å². The number of aromatic nitrogens is 4. The highest BCUT2D eigenvalue weighted by molar-refractivity contribution is 5.99. The zero-order valence-corrected chi connectivity index (χ0v) is 22.6. The molecule has 7 atom stereocenters. The predicted molar refractivity (Wildman–Crippen MR) is 141 cm³/mol. The zero-order valence-electron chi connectivity index (χ0n) is 22.6. The Kier molecular flexibility index (Phi) is 8.29. The number of aryl methyl sites for hydroxylation is 1. The smallest absolute Gasteiger partial charge is 0.256 e. The Balaban J connectivity index is 0.000000219. The van der Waals surface area contributed by atoms with E-state index in [4.69, 9.17) is 20.3 Å². The van der Waals surface area contributed by atoms with Gasteiger partial charge in [-0.3, -0.25) is 14.6 Å². The lowest BCUT2D eigenvalue weighted by Crippen LogP contribution is -2.59. The van der Waals surface area contributed by atoms with E-state index < -0.39 is 36.5 Å². The van der Waals surface area contributed by atoms with E-state index in [-0.39, 0.29) is 23.8 Å². The number of Topliss-reactive ketones (excluding diaryl/α,β-unsaturated/α-hetero) is 1. The molecule has 6 rings (SSSR count). The van der Waals surface area contributed by atoms with Crippen molar-refractivity contribution in [2.75, 3.05) is 11.4 Å². The Morgan fingerprint density at radius 3 is 2.68 bits per heavy atom. The normalized spacial score (nSPS) is 29.8. The van der Waals surface area contributed by atoms with Crippen LogP contribution in [0.5, 0.6) is 0 Å². The highest BCUT2D eigenvalue weighted by atomic mass is 19.1. The van der Waals surface area contributed by atoms with E-state index in [1.165, 1.54) is 6.20 Å². The predicted octanol–water partition coefficient (Wildman–Crippen LogP) is 0.0447. The third-order valence-electron chi connectivity index (χ3n) is 7.66. The maximum absolute atomic E-state index is 14.1. The minimum atomic E-state index is -1.65. The number of pyridine rings is 1. The molecule has 13 nitrogen and oxygen atoms in total. The summed E-state index contributed by atoms with van der Waals surface area (Å²) in [6, 6.07) is 3.48.